The molecule has 0 spiro atoms. The lowest BCUT2D eigenvalue weighted by molar-refractivity contribution is 0.0995. The third-order valence-corrected chi connectivity index (χ3v) is 5.52. The normalized spacial score (nSPS) is 11.0. The fourth-order valence-electron chi connectivity index (χ4n) is 3.94. The molecule has 1 aromatic heterocycles. The third-order valence-electron chi connectivity index (χ3n) is 5.52. The average molecular weight is 412 g/mol. The van der Waals surface area contributed by atoms with Gasteiger partial charge in [0, 0.05) is 22.9 Å². The van der Waals surface area contributed by atoms with Gasteiger partial charge in [-0.25, -0.2) is 0 Å². The third kappa shape index (κ3) is 4.29. The smallest absolute Gasteiger partial charge is 0.248 e. The lowest BCUT2D eigenvalue weighted by Crippen LogP contribution is -2.15. The molecule has 0 aliphatic rings. The summed E-state index contributed by atoms with van der Waals surface area (Å²) < 4.78 is 6.04. The van der Waals surface area contributed by atoms with Gasteiger partial charge in [0.2, 0.25) is 5.91 Å². The highest BCUT2D eigenvalue weighted by Gasteiger charge is 2.23. The van der Waals surface area contributed by atoms with E-state index in [4.69, 9.17) is 10.2 Å². The van der Waals surface area contributed by atoms with Gasteiger partial charge in [-0.3, -0.25) is 9.59 Å². The Bertz CT molecular complexity index is 1240. The van der Waals surface area contributed by atoms with Crippen LogP contribution in [-0.2, 0) is 12.8 Å². The number of nitrogens with two attached hydrogens (primary N) is 1. The largest absolute Gasteiger partial charge is 0.460 e. The maximum absolute atomic E-state index is 13.6. The summed E-state index contributed by atoms with van der Waals surface area (Å²) in [6.45, 7) is 2.11. The van der Waals surface area contributed by atoms with Crippen molar-refractivity contribution >= 4 is 22.7 Å². The summed E-state index contributed by atoms with van der Waals surface area (Å²) in [4.78, 5) is 25.6. The van der Waals surface area contributed by atoms with Crippen LogP contribution in [0.25, 0.3) is 11.0 Å². The van der Waals surface area contributed by atoms with E-state index in [0.717, 1.165) is 40.7 Å². The molecule has 3 aromatic carbocycles. The maximum Gasteiger partial charge on any atom is 0.248 e. The lowest BCUT2D eigenvalue weighted by Gasteiger charge is -2.10. The van der Waals surface area contributed by atoms with Crippen LogP contribution in [0.4, 0.5) is 0 Å². The number of carbonyl (C=O) groups is 2. The molecule has 2 N–H and O–H groups in total. The van der Waals surface area contributed by atoms with E-state index in [1.165, 1.54) is 0 Å². The van der Waals surface area contributed by atoms with Gasteiger partial charge in [-0.2, -0.15) is 0 Å². The minimum absolute atomic E-state index is 0.0959. The highest BCUT2D eigenvalue weighted by atomic mass is 16.3. The number of hydrogen-bond donors (Lipinski definition) is 1. The van der Waals surface area contributed by atoms with Gasteiger partial charge >= 0.3 is 0 Å². The van der Waals surface area contributed by atoms with Gasteiger partial charge in [0.15, 0.2) is 5.78 Å². The van der Waals surface area contributed by atoms with Crippen molar-refractivity contribution < 1.29 is 14.0 Å². The molecular weight excluding hydrogens is 386 g/mol. The zero-order valence-corrected chi connectivity index (χ0v) is 17.6. The SMILES string of the molecule is CCCCc1oc2ccccc2c1C(=O)c1ccc(C(N)=O)c(Cc2ccccc2)c1. The van der Waals surface area contributed by atoms with Crippen molar-refractivity contribution in [3.05, 3.63) is 106 Å². The molecule has 31 heavy (non-hydrogen) atoms. The molecule has 4 nitrogen and oxygen atoms in total. The van der Waals surface area contributed by atoms with Gasteiger partial charge in [-0.1, -0.05) is 67.9 Å². The Kier molecular flexibility index (Phi) is 5.99. The zero-order valence-electron chi connectivity index (χ0n) is 17.6. The summed E-state index contributed by atoms with van der Waals surface area (Å²) in [7, 11) is 0. The number of amides is 1. The standard InChI is InChI=1S/C27H25NO3/c1-2-3-12-24-25(22-11-7-8-13-23(22)31-24)26(29)19-14-15-21(27(28)30)20(17-19)16-18-9-5-4-6-10-18/h4-11,13-15,17H,2-3,12,16H2,1H3,(H2,28,30). The number of benzene rings is 3. The van der Waals surface area contributed by atoms with Crippen molar-refractivity contribution in [1.29, 1.82) is 0 Å². The van der Waals surface area contributed by atoms with Gasteiger partial charge in [-0.05, 0) is 42.2 Å². The Balaban J connectivity index is 1.78. The number of fused-ring (bicyclic) bond motifs is 1. The van der Waals surface area contributed by atoms with Crippen molar-refractivity contribution in [3.63, 3.8) is 0 Å². The number of ketones is 1. The first-order chi connectivity index (χ1) is 15.1. The fraction of sp³-hybridized carbons (Fsp3) is 0.185. The fourth-order valence-corrected chi connectivity index (χ4v) is 3.94. The predicted octanol–water partition coefficient (Wildman–Crippen LogP) is 5.70. The molecule has 0 atom stereocenters. The van der Waals surface area contributed by atoms with Crippen molar-refractivity contribution in [2.45, 2.75) is 32.6 Å². The monoisotopic (exact) mass is 411 g/mol. The molecule has 4 aromatic rings. The Morgan fingerprint density at radius 3 is 2.42 bits per heavy atom. The van der Waals surface area contributed by atoms with Crippen molar-refractivity contribution in [3.8, 4) is 0 Å². The Labute approximate surface area is 181 Å². The van der Waals surface area contributed by atoms with Gasteiger partial charge in [-0.15, -0.1) is 0 Å². The number of primary amides is 1. The van der Waals surface area contributed by atoms with E-state index in [9.17, 15) is 9.59 Å². The summed E-state index contributed by atoms with van der Waals surface area (Å²) in [5.74, 6) is 0.125. The van der Waals surface area contributed by atoms with E-state index in [0.29, 0.717) is 29.5 Å². The van der Waals surface area contributed by atoms with E-state index in [2.05, 4.69) is 6.92 Å². The quantitative estimate of drug-likeness (QED) is 0.378. The minimum atomic E-state index is -0.498. The van der Waals surface area contributed by atoms with Crippen LogP contribution in [0.3, 0.4) is 0 Å². The van der Waals surface area contributed by atoms with E-state index in [1.807, 2.05) is 54.6 Å². The summed E-state index contributed by atoms with van der Waals surface area (Å²) in [6, 6.07) is 22.6. The van der Waals surface area contributed by atoms with E-state index < -0.39 is 5.91 Å². The van der Waals surface area contributed by atoms with Crippen LogP contribution >= 0.6 is 0 Å². The maximum atomic E-state index is 13.6. The highest BCUT2D eigenvalue weighted by Crippen LogP contribution is 2.30. The summed E-state index contributed by atoms with van der Waals surface area (Å²) in [5, 5.41) is 0.821. The lowest BCUT2D eigenvalue weighted by atomic mass is 9.93. The molecule has 4 rings (SSSR count). The molecule has 0 aliphatic heterocycles. The second kappa shape index (κ2) is 9.00. The molecule has 4 heteroatoms. The molecule has 156 valence electrons. The molecule has 0 saturated heterocycles. The molecule has 0 aliphatic carbocycles. The van der Waals surface area contributed by atoms with Crippen LogP contribution in [0.15, 0.2) is 77.2 Å². The van der Waals surface area contributed by atoms with Gasteiger partial charge < -0.3 is 10.2 Å². The highest BCUT2D eigenvalue weighted by molar-refractivity contribution is 6.17. The second-order valence-corrected chi connectivity index (χ2v) is 7.73. The van der Waals surface area contributed by atoms with Crippen LogP contribution in [0.1, 0.15) is 62.9 Å². The summed E-state index contributed by atoms with van der Waals surface area (Å²) in [6.07, 6.45) is 3.19. The Morgan fingerprint density at radius 2 is 1.68 bits per heavy atom. The minimum Gasteiger partial charge on any atom is -0.460 e. The topological polar surface area (TPSA) is 73.3 Å². The number of aryl methyl sites for hydroxylation is 1. The Hall–Kier alpha value is -3.66. The van der Waals surface area contributed by atoms with Crippen molar-refractivity contribution in [2.24, 2.45) is 5.73 Å². The Morgan fingerprint density at radius 1 is 0.935 bits per heavy atom. The first-order valence-corrected chi connectivity index (χ1v) is 10.6. The molecular formula is C27H25NO3. The molecule has 1 heterocycles. The number of unbranched alkanes of at least 4 members (excludes halogenated alkanes) is 1. The summed E-state index contributed by atoms with van der Waals surface area (Å²) >= 11 is 0. The van der Waals surface area contributed by atoms with Crippen LogP contribution in [0, 0.1) is 0 Å². The molecule has 0 fully saturated rings. The molecule has 0 saturated carbocycles. The average Bonchev–Trinajstić information content (AvgIpc) is 3.16. The van der Waals surface area contributed by atoms with Gasteiger partial charge in [0.05, 0.1) is 5.56 Å². The zero-order chi connectivity index (χ0) is 21.8. The van der Waals surface area contributed by atoms with Crippen LogP contribution in [0.2, 0.25) is 0 Å². The van der Waals surface area contributed by atoms with E-state index in [-0.39, 0.29) is 5.78 Å². The summed E-state index contributed by atoms with van der Waals surface area (Å²) in [5.41, 5.74) is 9.69. The number of para-hydroxylation sites is 1. The number of carbonyl (C=O) groups excluding carboxylic acids is 2. The van der Waals surface area contributed by atoms with E-state index in [1.54, 1.807) is 18.2 Å². The van der Waals surface area contributed by atoms with Crippen molar-refractivity contribution in [2.75, 3.05) is 0 Å². The first kappa shape index (κ1) is 20.6. The second-order valence-electron chi connectivity index (χ2n) is 7.73. The van der Waals surface area contributed by atoms with E-state index >= 15 is 0 Å². The van der Waals surface area contributed by atoms with Gasteiger partial charge in [0.25, 0.3) is 0 Å². The van der Waals surface area contributed by atoms with Crippen LogP contribution < -0.4 is 5.73 Å². The van der Waals surface area contributed by atoms with Crippen LogP contribution in [-0.4, -0.2) is 11.7 Å². The molecule has 0 unspecified atom stereocenters. The molecule has 0 bridgehead atoms. The van der Waals surface area contributed by atoms with Crippen LogP contribution in [0.5, 0.6) is 0 Å². The predicted molar refractivity (Wildman–Crippen MR) is 122 cm³/mol. The number of furan rings is 1. The molecule has 1 amide bonds. The first-order valence-electron chi connectivity index (χ1n) is 10.6. The number of rotatable bonds is 8. The van der Waals surface area contributed by atoms with Gasteiger partial charge in [0.1, 0.15) is 11.3 Å². The van der Waals surface area contributed by atoms with Crippen molar-refractivity contribution in [1.82, 2.24) is 0 Å². The number of hydrogen-bond acceptors (Lipinski definition) is 3. The molecule has 0 radical (unpaired) electrons.